The number of aromatic nitrogens is 2. The first kappa shape index (κ1) is 12.7. The Hall–Kier alpha value is -0.350. The fraction of sp³-hybridized carbons (Fsp3) is 0.600. The van der Waals surface area contributed by atoms with Gasteiger partial charge < -0.3 is 4.90 Å². The van der Waals surface area contributed by atoms with Crippen LogP contribution in [0.1, 0.15) is 19.3 Å². The van der Waals surface area contributed by atoms with Gasteiger partial charge in [0, 0.05) is 18.9 Å². The van der Waals surface area contributed by atoms with E-state index in [-0.39, 0.29) is 0 Å². The second-order valence-electron chi connectivity index (χ2n) is 3.37. The molecule has 0 aromatic carbocycles. The highest BCUT2D eigenvalue weighted by Gasteiger charge is 2.02. The Morgan fingerprint density at radius 2 is 1.93 bits per heavy atom. The zero-order valence-electron chi connectivity index (χ0n) is 8.79. The van der Waals surface area contributed by atoms with Crippen molar-refractivity contribution in [3.05, 3.63) is 17.4 Å². The summed E-state index contributed by atoms with van der Waals surface area (Å²) in [5.41, 5.74) is 0. The third kappa shape index (κ3) is 4.80. The number of alkyl halides is 1. The van der Waals surface area contributed by atoms with E-state index in [0.717, 1.165) is 24.2 Å². The first-order valence-electron chi connectivity index (χ1n) is 4.98. The van der Waals surface area contributed by atoms with Gasteiger partial charge in [-0.3, -0.25) is 0 Å². The highest BCUT2D eigenvalue weighted by atomic mass is 79.9. The van der Waals surface area contributed by atoms with Crippen LogP contribution in [0.25, 0.3) is 0 Å². The molecule has 15 heavy (non-hydrogen) atoms. The number of rotatable bonds is 6. The van der Waals surface area contributed by atoms with Gasteiger partial charge in [0.2, 0.25) is 5.95 Å². The van der Waals surface area contributed by atoms with Crippen LogP contribution in [0, 0.1) is 0 Å². The minimum Gasteiger partial charge on any atom is -0.344 e. The molecule has 0 fully saturated rings. The predicted octanol–water partition coefficient (Wildman–Crippen LogP) is 3.13. The van der Waals surface area contributed by atoms with Crippen LogP contribution in [0.3, 0.4) is 0 Å². The van der Waals surface area contributed by atoms with E-state index in [1.165, 1.54) is 12.8 Å². The quantitative estimate of drug-likeness (QED) is 0.596. The summed E-state index contributed by atoms with van der Waals surface area (Å²) in [5, 5.41) is 1.65. The number of anilines is 1. The summed E-state index contributed by atoms with van der Waals surface area (Å²) in [7, 11) is 2.00. The van der Waals surface area contributed by atoms with E-state index >= 15 is 0 Å². The molecule has 0 N–H and O–H groups in total. The lowest BCUT2D eigenvalue weighted by atomic mass is 10.2. The van der Waals surface area contributed by atoms with Crippen LogP contribution in [0.15, 0.2) is 12.4 Å². The number of hydrogen-bond acceptors (Lipinski definition) is 3. The Balaban J connectivity index is 2.33. The molecule has 0 spiro atoms. The van der Waals surface area contributed by atoms with Crippen LogP contribution in [-0.4, -0.2) is 28.9 Å². The van der Waals surface area contributed by atoms with Crippen molar-refractivity contribution in [3.63, 3.8) is 0 Å². The van der Waals surface area contributed by atoms with E-state index in [2.05, 4.69) is 25.9 Å². The average Bonchev–Trinajstić information content (AvgIpc) is 2.25. The molecule has 0 amide bonds. The number of hydrogen-bond donors (Lipinski definition) is 0. The van der Waals surface area contributed by atoms with Crippen molar-refractivity contribution in [1.82, 2.24) is 9.97 Å². The monoisotopic (exact) mass is 291 g/mol. The normalized spacial score (nSPS) is 10.3. The molecular formula is C10H15BrClN3. The standard InChI is InChI=1S/C10H15BrClN3/c1-15(6-4-2-3-5-11)10-13-7-9(12)8-14-10/h7-8H,2-6H2,1H3. The molecule has 0 bridgehead atoms. The zero-order chi connectivity index (χ0) is 11.1. The van der Waals surface area contributed by atoms with Gasteiger partial charge in [-0.25, -0.2) is 9.97 Å². The molecule has 1 rings (SSSR count). The Morgan fingerprint density at radius 3 is 2.53 bits per heavy atom. The van der Waals surface area contributed by atoms with Crippen LogP contribution in [0.4, 0.5) is 5.95 Å². The van der Waals surface area contributed by atoms with Crippen molar-refractivity contribution < 1.29 is 0 Å². The van der Waals surface area contributed by atoms with Gasteiger partial charge >= 0.3 is 0 Å². The smallest absolute Gasteiger partial charge is 0.225 e. The minimum absolute atomic E-state index is 0.575. The first-order chi connectivity index (χ1) is 7.24. The third-order valence-corrected chi connectivity index (χ3v) is 2.83. The van der Waals surface area contributed by atoms with E-state index < -0.39 is 0 Å². The molecule has 5 heteroatoms. The van der Waals surface area contributed by atoms with Gasteiger partial charge in [0.15, 0.2) is 0 Å². The van der Waals surface area contributed by atoms with Crippen LogP contribution in [-0.2, 0) is 0 Å². The molecule has 0 saturated carbocycles. The topological polar surface area (TPSA) is 29.0 Å². The van der Waals surface area contributed by atoms with Crippen molar-refractivity contribution in [2.24, 2.45) is 0 Å². The summed E-state index contributed by atoms with van der Waals surface area (Å²) >= 11 is 9.13. The fourth-order valence-electron chi connectivity index (χ4n) is 1.22. The maximum Gasteiger partial charge on any atom is 0.225 e. The molecule has 1 aromatic rings. The highest BCUT2D eigenvalue weighted by molar-refractivity contribution is 9.09. The molecule has 84 valence electrons. The van der Waals surface area contributed by atoms with E-state index in [1.54, 1.807) is 12.4 Å². The Morgan fingerprint density at radius 1 is 1.27 bits per heavy atom. The van der Waals surface area contributed by atoms with Gasteiger partial charge in [-0.05, 0) is 12.8 Å². The molecular weight excluding hydrogens is 277 g/mol. The van der Waals surface area contributed by atoms with Crippen LogP contribution >= 0.6 is 27.5 Å². The van der Waals surface area contributed by atoms with E-state index in [4.69, 9.17) is 11.6 Å². The summed E-state index contributed by atoms with van der Waals surface area (Å²) < 4.78 is 0. The summed E-state index contributed by atoms with van der Waals surface area (Å²) in [5.74, 6) is 0.734. The van der Waals surface area contributed by atoms with Gasteiger partial charge in [0.25, 0.3) is 0 Å². The molecule has 0 radical (unpaired) electrons. The second kappa shape index (κ2) is 7.01. The molecule has 0 aliphatic heterocycles. The van der Waals surface area contributed by atoms with Crippen molar-refractivity contribution in [2.45, 2.75) is 19.3 Å². The lowest BCUT2D eigenvalue weighted by Crippen LogP contribution is -2.20. The Bertz CT molecular complexity index is 279. The van der Waals surface area contributed by atoms with Gasteiger partial charge in [-0.15, -0.1) is 0 Å². The highest BCUT2D eigenvalue weighted by Crippen LogP contribution is 2.09. The number of nitrogens with zero attached hydrogens (tertiary/aromatic N) is 3. The summed E-state index contributed by atoms with van der Waals surface area (Å²) in [6.07, 6.45) is 6.85. The van der Waals surface area contributed by atoms with Gasteiger partial charge in [0.05, 0.1) is 17.4 Å². The van der Waals surface area contributed by atoms with E-state index in [0.29, 0.717) is 5.02 Å². The molecule has 3 nitrogen and oxygen atoms in total. The molecule has 0 aliphatic rings. The van der Waals surface area contributed by atoms with Crippen LogP contribution in [0.2, 0.25) is 5.02 Å². The number of unbranched alkanes of at least 4 members (excludes halogenated alkanes) is 2. The van der Waals surface area contributed by atoms with Gasteiger partial charge in [-0.1, -0.05) is 34.0 Å². The third-order valence-electron chi connectivity index (χ3n) is 2.08. The van der Waals surface area contributed by atoms with Gasteiger partial charge in [-0.2, -0.15) is 0 Å². The van der Waals surface area contributed by atoms with Crippen LogP contribution < -0.4 is 4.90 Å². The lowest BCUT2D eigenvalue weighted by Gasteiger charge is -2.16. The van der Waals surface area contributed by atoms with Crippen molar-refractivity contribution in [2.75, 3.05) is 23.8 Å². The molecule has 1 aromatic heterocycles. The molecule has 0 atom stereocenters. The maximum atomic E-state index is 5.71. The molecule has 1 heterocycles. The van der Waals surface area contributed by atoms with Crippen molar-refractivity contribution >= 4 is 33.5 Å². The Labute approximate surface area is 104 Å². The molecule has 0 aliphatic carbocycles. The Kier molecular flexibility index (Phi) is 5.95. The van der Waals surface area contributed by atoms with E-state index in [1.807, 2.05) is 11.9 Å². The van der Waals surface area contributed by atoms with Crippen molar-refractivity contribution in [3.8, 4) is 0 Å². The predicted molar refractivity (Wildman–Crippen MR) is 68.0 cm³/mol. The first-order valence-corrected chi connectivity index (χ1v) is 6.48. The average molecular weight is 293 g/mol. The molecule has 0 saturated heterocycles. The largest absolute Gasteiger partial charge is 0.344 e. The maximum absolute atomic E-state index is 5.71. The van der Waals surface area contributed by atoms with E-state index in [9.17, 15) is 0 Å². The summed E-state index contributed by atoms with van der Waals surface area (Å²) in [6.45, 7) is 0.981. The van der Waals surface area contributed by atoms with Crippen LogP contribution in [0.5, 0.6) is 0 Å². The van der Waals surface area contributed by atoms with Crippen molar-refractivity contribution in [1.29, 1.82) is 0 Å². The second-order valence-corrected chi connectivity index (χ2v) is 4.60. The van der Waals surface area contributed by atoms with Gasteiger partial charge in [0.1, 0.15) is 0 Å². The number of halogens is 2. The zero-order valence-corrected chi connectivity index (χ0v) is 11.1. The molecule has 0 unspecified atom stereocenters. The SMILES string of the molecule is CN(CCCCCBr)c1ncc(Cl)cn1. The minimum atomic E-state index is 0.575. The fourth-order valence-corrected chi connectivity index (χ4v) is 1.72. The summed E-state index contributed by atoms with van der Waals surface area (Å²) in [4.78, 5) is 10.3. The lowest BCUT2D eigenvalue weighted by molar-refractivity contribution is 0.701. The summed E-state index contributed by atoms with van der Waals surface area (Å²) in [6, 6.07) is 0.